The summed E-state index contributed by atoms with van der Waals surface area (Å²) in [5, 5.41) is 5.20. The Bertz CT molecular complexity index is 695. The summed E-state index contributed by atoms with van der Waals surface area (Å²) in [5.41, 5.74) is 1.77. The van der Waals surface area contributed by atoms with Crippen molar-refractivity contribution in [3.8, 4) is 0 Å². The van der Waals surface area contributed by atoms with E-state index in [1.807, 2.05) is 31.2 Å². The molecule has 24 heavy (non-hydrogen) atoms. The average Bonchev–Trinajstić information content (AvgIpc) is 3.02. The fourth-order valence-electron chi connectivity index (χ4n) is 2.20. The lowest BCUT2D eigenvalue weighted by Gasteiger charge is -2.14. The monoisotopic (exact) mass is 346 g/mol. The van der Waals surface area contributed by atoms with E-state index in [2.05, 4.69) is 17.6 Å². The van der Waals surface area contributed by atoms with Crippen molar-refractivity contribution >= 4 is 28.8 Å². The first-order chi connectivity index (χ1) is 11.5. The molecule has 0 aliphatic heterocycles. The quantitative estimate of drug-likeness (QED) is 0.790. The van der Waals surface area contributed by atoms with Gasteiger partial charge in [0.25, 0.3) is 0 Å². The molecule has 0 fully saturated rings. The number of thiophene rings is 1. The summed E-state index contributed by atoms with van der Waals surface area (Å²) in [6, 6.07) is 11.4. The number of hydrogen-bond donors (Lipinski definition) is 2. The maximum atomic E-state index is 12.0. The van der Waals surface area contributed by atoms with Crippen LogP contribution in [0.2, 0.25) is 0 Å². The predicted octanol–water partition coefficient (Wildman–Crippen LogP) is 3.06. The number of benzene rings is 1. The molecule has 2 N–H and O–H groups in total. The summed E-state index contributed by atoms with van der Waals surface area (Å²) in [6.07, 6.45) is 0.666. The Balaban J connectivity index is 1.87. The highest BCUT2D eigenvalue weighted by Crippen LogP contribution is 2.24. The van der Waals surface area contributed by atoms with Gasteiger partial charge in [-0.05, 0) is 43.2 Å². The third-order valence-corrected chi connectivity index (χ3v) is 4.73. The first-order valence-electron chi connectivity index (χ1n) is 7.80. The van der Waals surface area contributed by atoms with Crippen LogP contribution in [-0.4, -0.2) is 25.5 Å². The molecule has 0 radical (unpaired) electrons. The van der Waals surface area contributed by atoms with E-state index in [1.54, 1.807) is 30.6 Å². The van der Waals surface area contributed by atoms with Crippen LogP contribution in [0.3, 0.4) is 0 Å². The summed E-state index contributed by atoms with van der Waals surface area (Å²) in [7, 11) is 1.58. The summed E-state index contributed by atoms with van der Waals surface area (Å²) >= 11 is 1.61. The number of carbonyl (C=O) groups excluding carboxylic acids is 2. The van der Waals surface area contributed by atoms with Crippen molar-refractivity contribution in [1.29, 1.82) is 0 Å². The van der Waals surface area contributed by atoms with Crippen molar-refractivity contribution in [2.45, 2.75) is 26.4 Å². The van der Waals surface area contributed by atoms with Crippen LogP contribution in [0.25, 0.3) is 0 Å². The Morgan fingerprint density at radius 1 is 1.12 bits per heavy atom. The summed E-state index contributed by atoms with van der Waals surface area (Å²) in [5.74, 6) is -1.36. The number of aryl methyl sites for hydroxylation is 2. The van der Waals surface area contributed by atoms with Crippen LogP contribution in [0.15, 0.2) is 36.4 Å². The Kier molecular flexibility index (Phi) is 6.52. The van der Waals surface area contributed by atoms with Crippen LogP contribution in [0, 0.1) is 6.92 Å². The second-order valence-electron chi connectivity index (χ2n) is 5.39. The van der Waals surface area contributed by atoms with Crippen LogP contribution < -0.4 is 10.6 Å². The van der Waals surface area contributed by atoms with Gasteiger partial charge in [0, 0.05) is 29.1 Å². The number of anilines is 1. The van der Waals surface area contributed by atoms with Crippen LogP contribution in [-0.2, 0) is 20.7 Å². The Morgan fingerprint density at radius 3 is 2.38 bits per heavy atom. The van der Waals surface area contributed by atoms with E-state index in [1.165, 1.54) is 10.4 Å². The second kappa shape index (κ2) is 8.61. The van der Waals surface area contributed by atoms with Gasteiger partial charge in [-0.3, -0.25) is 9.59 Å². The van der Waals surface area contributed by atoms with Gasteiger partial charge in [0.15, 0.2) is 0 Å². The molecule has 2 rings (SSSR count). The van der Waals surface area contributed by atoms with E-state index < -0.39 is 11.8 Å². The summed E-state index contributed by atoms with van der Waals surface area (Å²) in [4.78, 5) is 26.1. The first kappa shape index (κ1) is 18.2. The summed E-state index contributed by atoms with van der Waals surface area (Å²) in [6.45, 7) is 4.32. The molecule has 2 aromatic rings. The number of carbonyl (C=O) groups is 2. The topological polar surface area (TPSA) is 67.4 Å². The van der Waals surface area contributed by atoms with Gasteiger partial charge in [-0.1, -0.05) is 19.1 Å². The molecule has 0 spiro atoms. The van der Waals surface area contributed by atoms with Gasteiger partial charge >= 0.3 is 11.8 Å². The number of amides is 2. The van der Waals surface area contributed by atoms with E-state index in [4.69, 9.17) is 4.74 Å². The van der Waals surface area contributed by atoms with Gasteiger partial charge in [0.1, 0.15) is 6.10 Å². The summed E-state index contributed by atoms with van der Waals surface area (Å²) < 4.78 is 5.39. The van der Waals surface area contributed by atoms with Gasteiger partial charge < -0.3 is 15.4 Å². The highest BCUT2D eigenvalue weighted by molar-refractivity contribution is 7.12. The molecule has 0 aliphatic rings. The van der Waals surface area contributed by atoms with E-state index in [0.29, 0.717) is 5.69 Å². The number of hydrogen-bond acceptors (Lipinski definition) is 4. The van der Waals surface area contributed by atoms with Crippen LogP contribution in [0.1, 0.15) is 28.3 Å². The van der Waals surface area contributed by atoms with E-state index in [-0.39, 0.29) is 12.6 Å². The van der Waals surface area contributed by atoms with Crippen molar-refractivity contribution in [1.82, 2.24) is 5.32 Å². The molecule has 1 aromatic heterocycles. The Morgan fingerprint density at radius 2 is 1.83 bits per heavy atom. The van der Waals surface area contributed by atoms with Crippen molar-refractivity contribution < 1.29 is 14.3 Å². The molecular weight excluding hydrogens is 324 g/mol. The molecule has 1 unspecified atom stereocenters. The zero-order chi connectivity index (χ0) is 17.5. The fraction of sp³-hybridized carbons (Fsp3) is 0.333. The maximum absolute atomic E-state index is 12.0. The molecule has 0 aliphatic carbocycles. The molecule has 6 heteroatoms. The van der Waals surface area contributed by atoms with Crippen molar-refractivity contribution in [3.63, 3.8) is 0 Å². The predicted molar refractivity (Wildman–Crippen MR) is 96.3 cm³/mol. The molecule has 0 saturated heterocycles. The van der Waals surface area contributed by atoms with E-state index in [0.717, 1.165) is 11.3 Å². The van der Waals surface area contributed by atoms with Crippen LogP contribution in [0.5, 0.6) is 0 Å². The molecule has 0 saturated carbocycles. The van der Waals surface area contributed by atoms with Crippen molar-refractivity contribution in [2.24, 2.45) is 0 Å². The molecule has 1 atom stereocenters. The minimum atomic E-state index is -0.684. The lowest BCUT2D eigenvalue weighted by molar-refractivity contribution is -0.136. The van der Waals surface area contributed by atoms with Gasteiger partial charge in [-0.2, -0.15) is 0 Å². The minimum Gasteiger partial charge on any atom is -0.374 e. The van der Waals surface area contributed by atoms with Crippen molar-refractivity contribution in [2.75, 3.05) is 19.0 Å². The standard InChI is InChI=1S/C18H22N2O3S/c1-4-13-6-8-14(9-7-13)20-18(22)17(21)19-11-15(23-3)16-10-5-12(2)24-16/h5-10,15H,4,11H2,1-3H3,(H,19,21)(H,20,22). The second-order valence-corrected chi connectivity index (χ2v) is 6.71. The Labute approximate surface area is 146 Å². The average molecular weight is 346 g/mol. The highest BCUT2D eigenvalue weighted by atomic mass is 32.1. The number of methoxy groups -OCH3 is 1. The van der Waals surface area contributed by atoms with Gasteiger partial charge in [0.2, 0.25) is 0 Å². The minimum absolute atomic E-state index is 0.247. The van der Waals surface area contributed by atoms with Gasteiger partial charge in [-0.15, -0.1) is 11.3 Å². The number of nitrogens with one attached hydrogen (secondary N) is 2. The molecule has 128 valence electrons. The third kappa shape index (κ3) is 4.91. The SMILES string of the molecule is CCc1ccc(NC(=O)C(=O)NCC(OC)c2ccc(C)s2)cc1. The van der Waals surface area contributed by atoms with Crippen LogP contribution in [0.4, 0.5) is 5.69 Å². The zero-order valence-electron chi connectivity index (χ0n) is 14.1. The van der Waals surface area contributed by atoms with Crippen LogP contribution >= 0.6 is 11.3 Å². The normalized spacial score (nSPS) is 11.8. The first-order valence-corrected chi connectivity index (χ1v) is 8.62. The molecule has 1 heterocycles. The van der Waals surface area contributed by atoms with E-state index in [9.17, 15) is 9.59 Å². The number of ether oxygens (including phenoxy) is 1. The Hall–Kier alpha value is -2.18. The highest BCUT2D eigenvalue weighted by Gasteiger charge is 2.18. The smallest absolute Gasteiger partial charge is 0.313 e. The zero-order valence-corrected chi connectivity index (χ0v) is 14.9. The molecule has 2 amide bonds. The maximum Gasteiger partial charge on any atom is 0.313 e. The molecular formula is C18H22N2O3S. The van der Waals surface area contributed by atoms with E-state index >= 15 is 0 Å². The molecule has 0 bridgehead atoms. The lowest BCUT2D eigenvalue weighted by atomic mass is 10.1. The molecule has 5 nitrogen and oxygen atoms in total. The van der Waals surface area contributed by atoms with Gasteiger partial charge in [-0.25, -0.2) is 0 Å². The third-order valence-electron chi connectivity index (χ3n) is 3.64. The van der Waals surface area contributed by atoms with Crippen molar-refractivity contribution in [3.05, 3.63) is 51.7 Å². The molecule has 1 aromatic carbocycles. The lowest BCUT2D eigenvalue weighted by Crippen LogP contribution is -2.37. The largest absolute Gasteiger partial charge is 0.374 e. The number of rotatable bonds is 6. The van der Waals surface area contributed by atoms with Gasteiger partial charge in [0.05, 0.1) is 0 Å². The fourth-order valence-corrected chi connectivity index (χ4v) is 3.16.